The second-order valence-electron chi connectivity index (χ2n) is 2.76. The van der Waals surface area contributed by atoms with E-state index in [-0.39, 0.29) is 0 Å². The maximum atomic E-state index is 10.5. The van der Waals surface area contributed by atoms with E-state index in [2.05, 4.69) is 19.1 Å². The molecular formula is C11H14OS. The van der Waals surface area contributed by atoms with Gasteiger partial charge < -0.3 is 4.79 Å². The summed E-state index contributed by atoms with van der Waals surface area (Å²) in [6.07, 6.45) is 1.61. The predicted molar refractivity (Wildman–Crippen MR) is 58.0 cm³/mol. The summed E-state index contributed by atoms with van der Waals surface area (Å²) in [6.45, 7) is 2.12. The number of carbonyl (C=O) groups excluding carboxylic acids is 1. The van der Waals surface area contributed by atoms with Gasteiger partial charge >= 0.3 is 0 Å². The van der Waals surface area contributed by atoms with Crippen molar-refractivity contribution < 1.29 is 4.79 Å². The average Bonchev–Trinajstić information content (AvgIpc) is 2.19. The van der Waals surface area contributed by atoms with Gasteiger partial charge in [0.25, 0.3) is 0 Å². The summed E-state index contributed by atoms with van der Waals surface area (Å²) in [4.78, 5) is 10.5. The van der Waals surface area contributed by atoms with Gasteiger partial charge in [0, 0.05) is 11.7 Å². The van der Waals surface area contributed by atoms with Crippen LogP contribution in [0.15, 0.2) is 30.3 Å². The highest BCUT2D eigenvalue weighted by Crippen LogP contribution is 2.30. The Bertz CT molecular complexity index is 246. The normalized spacial score (nSPS) is 12.4. The van der Waals surface area contributed by atoms with Crippen molar-refractivity contribution in [2.75, 3.05) is 5.75 Å². The summed E-state index contributed by atoms with van der Waals surface area (Å²) in [6, 6.07) is 10.2. The van der Waals surface area contributed by atoms with E-state index in [1.807, 2.05) is 30.0 Å². The molecule has 0 unspecified atom stereocenters. The number of aldehydes is 1. The molecule has 70 valence electrons. The Morgan fingerprint density at radius 2 is 2.08 bits per heavy atom. The lowest BCUT2D eigenvalue weighted by Gasteiger charge is -2.12. The van der Waals surface area contributed by atoms with E-state index in [1.54, 1.807) is 0 Å². The summed E-state index contributed by atoms with van der Waals surface area (Å²) in [7, 11) is 0. The van der Waals surface area contributed by atoms with E-state index >= 15 is 0 Å². The molecule has 0 saturated carbocycles. The molecule has 1 atom stereocenters. The van der Waals surface area contributed by atoms with Gasteiger partial charge in [-0.2, -0.15) is 11.8 Å². The minimum Gasteiger partial charge on any atom is -0.303 e. The van der Waals surface area contributed by atoms with E-state index < -0.39 is 0 Å². The van der Waals surface area contributed by atoms with Crippen LogP contribution in [0.25, 0.3) is 0 Å². The van der Waals surface area contributed by atoms with Crippen molar-refractivity contribution in [2.45, 2.75) is 18.6 Å². The Balaban J connectivity index is 2.69. The monoisotopic (exact) mass is 194 g/mol. The van der Waals surface area contributed by atoms with Gasteiger partial charge in [0.2, 0.25) is 0 Å². The maximum Gasteiger partial charge on any atom is 0.121 e. The maximum absolute atomic E-state index is 10.5. The largest absolute Gasteiger partial charge is 0.303 e. The first kappa shape index (κ1) is 10.3. The Kier molecular flexibility index (Phi) is 4.61. The highest BCUT2D eigenvalue weighted by atomic mass is 32.2. The number of rotatable bonds is 5. The fourth-order valence-electron chi connectivity index (χ4n) is 1.26. The smallest absolute Gasteiger partial charge is 0.121 e. The second kappa shape index (κ2) is 5.81. The average molecular weight is 194 g/mol. The summed E-state index contributed by atoms with van der Waals surface area (Å²) < 4.78 is 0. The molecule has 13 heavy (non-hydrogen) atoms. The van der Waals surface area contributed by atoms with Gasteiger partial charge in [-0.25, -0.2) is 0 Å². The van der Waals surface area contributed by atoms with Gasteiger partial charge in [0.15, 0.2) is 0 Å². The SMILES string of the molecule is CCS[C@@H](CC=O)c1ccccc1. The van der Waals surface area contributed by atoms with E-state index in [0.717, 1.165) is 12.0 Å². The Morgan fingerprint density at radius 1 is 1.38 bits per heavy atom. The van der Waals surface area contributed by atoms with Crippen LogP contribution in [-0.2, 0) is 4.79 Å². The summed E-state index contributed by atoms with van der Waals surface area (Å²) in [5, 5.41) is 0.337. The van der Waals surface area contributed by atoms with Crippen molar-refractivity contribution >= 4 is 18.0 Å². The molecule has 0 radical (unpaired) electrons. The fraction of sp³-hybridized carbons (Fsp3) is 0.364. The molecular weight excluding hydrogens is 180 g/mol. The zero-order chi connectivity index (χ0) is 9.52. The minimum atomic E-state index is 0.337. The van der Waals surface area contributed by atoms with Crippen LogP contribution >= 0.6 is 11.8 Å². The van der Waals surface area contributed by atoms with Crippen molar-refractivity contribution in [1.29, 1.82) is 0 Å². The summed E-state index contributed by atoms with van der Waals surface area (Å²) in [5.41, 5.74) is 1.25. The van der Waals surface area contributed by atoms with Crippen LogP contribution < -0.4 is 0 Å². The highest BCUT2D eigenvalue weighted by Gasteiger charge is 2.09. The number of hydrogen-bond acceptors (Lipinski definition) is 2. The lowest BCUT2D eigenvalue weighted by molar-refractivity contribution is -0.107. The van der Waals surface area contributed by atoms with E-state index in [4.69, 9.17) is 0 Å². The fourth-order valence-corrected chi connectivity index (χ4v) is 2.22. The molecule has 0 heterocycles. The molecule has 0 fully saturated rings. The van der Waals surface area contributed by atoms with Gasteiger partial charge in [0.1, 0.15) is 6.29 Å². The number of benzene rings is 1. The van der Waals surface area contributed by atoms with Crippen LogP contribution in [-0.4, -0.2) is 12.0 Å². The number of hydrogen-bond donors (Lipinski definition) is 0. The van der Waals surface area contributed by atoms with Crippen LogP contribution in [0, 0.1) is 0 Å². The Labute approximate surface area is 83.5 Å². The van der Waals surface area contributed by atoms with E-state index in [0.29, 0.717) is 11.7 Å². The molecule has 0 aliphatic carbocycles. The highest BCUT2D eigenvalue weighted by molar-refractivity contribution is 7.99. The van der Waals surface area contributed by atoms with Crippen LogP contribution in [0.1, 0.15) is 24.2 Å². The van der Waals surface area contributed by atoms with Gasteiger partial charge in [0.05, 0.1) is 0 Å². The third-order valence-corrected chi connectivity index (χ3v) is 3.05. The molecule has 2 heteroatoms. The molecule has 1 aromatic rings. The topological polar surface area (TPSA) is 17.1 Å². The summed E-state index contributed by atoms with van der Waals surface area (Å²) in [5.74, 6) is 1.05. The van der Waals surface area contributed by atoms with E-state index in [1.165, 1.54) is 5.56 Å². The number of carbonyl (C=O) groups is 1. The Morgan fingerprint density at radius 3 is 2.62 bits per heavy atom. The van der Waals surface area contributed by atoms with E-state index in [9.17, 15) is 4.79 Å². The summed E-state index contributed by atoms with van der Waals surface area (Å²) >= 11 is 1.82. The van der Waals surface area contributed by atoms with Gasteiger partial charge in [-0.15, -0.1) is 0 Å². The standard InChI is InChI=1S/C11H14OS/c1-2-13-11(8-9-12)10-6-4-3-5-7-10/h3-7,9,11H,2,8H2,1H3/t11-/m0/s1. The van der Waals surface area contributed by atoms with Crippen molar-refractivity contribution in [2.24, 2.45) is 0 Å². The van der Waals surface area contributed by atoms with Gasteiger partial charge in [-0.05, 0) is 11.3 Å². The number of thioether (sulfide) groups is 1. The predicted octanol–water partition coefficient (Wildman–Crippen LogP) is 3.07. The molecule has 0 amide bonds. The van der Waals surface area contributed by atoms with Crippen LogP contribution in [0.5, 0.6) is 0 Å². The molecule has 0 aliphatic heterocycles. The Hall–Kier alpha value is -0.760. The molecule has 0 N–H and O–H groups in total. The van der Waals surface area contributed by atoms with Crippen molar-refractivity contribution in [3.8, 4) is 0 Å². The van der Waals surface area contributed by atoms with Gasteiger partial charge in [-0.3, -0.25) is 0 Å². The van der Waals surface area contributed by atoms with Gasteiger partial charge in [-0.1, -0.05) is 37.3 Å². The molecule has 0 saturated heterocycles. The van der Waals surface area contributed by atoms with Crippen LogP contribution in [0.4, 0.5) is 0 Å². The van der Waals surface area contributed by atoms with Crippen molar-refractivity contribution in [3.63, 3.8) is 0 Å². The molecule has 0 spiro atoms. The molecule has 1 aromatic carbocycles. The second-order valence-corrected chi connectivity index (χ2v) is 4.24. The molecule has 0 bridgehead atoms. The molecule has 1 nitrogen and oxygen atoms in total. The quantitative estimate of drug-likeness (QED) is 0.670. The third kappa shape index (κ3) is 3.23. The zero-order valence-corrected chi connectivity index (χ0v) is 8.59. The minimum absolute atomic E-state index is 0.337. The zero-order valence-electron chi connectivity index (χ0n) is 7.77. The third-order valence-electron chi connectivity index (χ3n) is 1.85. The van der Waals surface area contributed by atoms with Crippen molar-refractivity contribution in [3.05, 3.63) is 35.9 Å². The first-order chi connectivity index (χ1) is 6.38. The van der Waals surface area contributed by atoms with Crippen LogP contribution in [0.3, 0.4) is 0 Å². The molecule has 0 aliphatic rings. The first-order valence-corrected chi connectivity index (χ1v) is 5.53. The van der Waals surface area contributed by atoms with Crippen LogP contribution in [0.2, 0.25) is 0 Å². The molecule has 1 rings (SSSR count). The first-order valence-electron chi connectivity index (χ1n) is 4.48. The van der Waals surface area contributed by atoms with Crippen molar-refractivity contribution in [1.82, 2.24) is 0 Å². The lowest BCUT2D eigenvalue weighted by atomic mass is 10.1. The lowest BCUT2D eigenvalue weighted by Crippen LogP contribution is -1.95. The molecule has 0 aromatic heterocycles.